The van der Waals surface area contributed by atoms with Crippen molar-refractivity contribution >= 4 is 23.4 Å². The molecule has 0 saturated carbocycles. The normalized spacial score (nSPS) is 12.7. The Labute approximate surface area is 184 Å². The van der Waals surface area contributed by atoms with E-state index < -0.39 is 6.04 Å². The molecule has 2 atom stereocenters. The molecule has 0 fully saturated rings. The SMILES string of the molecule is CCC(C)NC(=O)C(C)N(Cc1cccc(Cl)c1)C(=O)COc1cc(C)cc(C)c1. The second kappa shape index (κ2) is 11.0. The quantitative estimate of drug-likeness (QED) is 0.629. The van der Waals surface area contributed by atoms with E-state index in [9.17, 15) is 9.59 Å². The van der Waals surface area contributed by atoms with Crippen LogP contribution in [0.25, 0.3) is 0 Å². The van der Waals surface area contributed by atoms with E-state index in [2.05, 4.69) is 5.32 Å². The van der Waals surface area contributed by atoms with Crippen LogP contribution in [-0.4, -0.2) is 35.4 Å². The van der Waals surface area contributed by atoms with Crippen LogP contribution in [0.2, 0.25) is 5.02 Å². The van der Waals surface area contributed by atoms with Crippen LogP contribution in [-0.2, 0) is 16.1 Å². The molecule has 5 nitrogen and oxygen atoms in total. The highest BCUT2D eigenvalue weighted by atomic mass is 35.5. The summed E-state index contributed by atoms with van der Waals surface area (Å²) in [6.45, 7) is 9.76. The Morgan fingerprint density at radius 2 is 1.77 bits per heavy atom. The maximum atomic E-state index is 13.1. The van der Waals surface area contributed by atoms with Gasteiger partial charge in [-0.1, -0.05) is 36.7 Å². The molecule has 0 aliphatic heterocycles. The fraction of sp³-hybridized carbons (Fsp3) is 0.417. The first kappa shape index (κ1) is 23.7. The maximum Gasteiger partial charge on any atom is 0.261 e. The Bertz CT molecular complexity index is 864. The van der Waals surface area contributed by atoms with Gasteiger partial charge in [0.2, 0.25) is 5.91 Å². The molecule has 0 aliphatic carbocycles. The van der Waals surface area contributed by atoms with E-state index in [0.29, 0.717) is 10.8 Å². The average molecular weight is 431 g/mol. The van der Waals surface area contributed by atoms with Crippen LogP contribution in [0.1, 0.15) is 43.9 Å². The topological polar surface area (TPSA) is 58.6 Å². The summed E-state index contributed by atoms with van der Waals surface area (Å²) in [5, 5.41) is 3.54. The summed E-state index contributed by atoms with van der Waals surface area (Å²) in [4.78, 5) is 27.3. The molecule has 1 N–H and O–H groups in total. The van der Waals surface area contributed by atoms with E-state index in [-0.39, 0.29) is 31.0 Å². The van der Waals surface area contributed by atoms with Crippen molar-refractivity contribution in [2.24, 2.45) is 0 Å². The number of rotatable bonds is 9. The number of amides is 2. The predicted molar refractivity (Wildman–Crippen MR) is 121 cm³/mol. The molecule has 0 heterocycles. The fourth-order valence-corrected chi connectivity index (χ4v) is 3.34. The van der Waals surface area contributed by atoms with E-state index in [1.54, 1.807) is 19.1 Å². The third-order valence-corrected chi connectivity index (χ3v) is 5.20. The molecule has 0 aromatic heterocycles. The number of carbonyl (C=O) groups is 2. The van der Waals surface area contributed by atoms with Crippen LogP contribution in [0.4, 0.5) is 0 Å². The molecule has 2 amide bonds. The molecule has 0 aliphatic rings. The minimum absolute atomic E-state index is 0.0367. The largest absolute Gasteiger partial charge is 0.484 e. The molecule has 2 unspecified atom stereocenters. The molecule has 2 aromatic rings. The summed E-state index contributed by atoms with van der Waals surface area (Å²) >= 11 is 6.10. The summed E-state index contributed by atoms with van der Waals surface area (Å²) in [5.74, 6) is 0.187. The Balaban J connectivity index is 2.17. The number of nitrogens with zero attached hydrogens (tertiary/aromatic N) is 1. The third-order valence-electron chi connectivity index (χ3n) is 4.97. The molecule has 30 heavy (non-hydrogen) atoms. The van der Waals surface area contributed by atoms with Crippen molar-refractivity contribution in [1.82, 2.24) is 10.2 Å². The number of nitrogens with one attached hydrogen (secondary N) is 1. The summed E-state index contributed by atoms with van der Waals surface area (Å²) in [7, 11) is 0. The summed E-state index contributed by atoms with van der Waals surface area (Å²) in [5.41, 5.74) is 2.98. The molecule has 6 heteroatoms. The average Bonchev–Trinajstić information content (AvgIpc) is 2.69. The number of hydrogen-bond donors (Lipinski definition) is 1. The van der Waals surface area contributed by atoms with Gasteiger partial charge in [-0.15, -0.1) is 0 Å². The Hall–Kier alpha value is -2.53. The van der Waals surface area contributed by atoms with Crippen molar-refractivity contribution < 1.29 is 14.3 Å². The van der Waals surface area contributed by atoms with Gasteiger partial charge >= 0.3 is 0 Å². The number of aryl methyl sites for hydroxylation is 2. The van der Waals surface area contributed by atoms with Gasteiger partial charge in [0.05, 0.1) is 0 Å². The Morgan fingerprint density at radius 3 is 2.37 bits per heavy atom. The first-order valence-corrected chi connectivity index (χ1v) is 10.6. The number of ether oxygens (including phenoxy) is 1. The van der Waals surface area contributed by atoms with Gasteiger partial charge in [-0.3, -0.25) is 9.59 Å². The van der Waals surface area contributed by atoms with Crippen molar-refractivity contribution in [3.8, 4) is 5.75 Å². The molecular weight excluding hydrogens is 400 g/mol. The van der Waals surface area contributed by atoms with E-state index in [1.807, 2.05) is 58.0 Å². The molecule has 0 saturated heterocycles. The van der Waals surface area contributed by atoms with Crippen molar-refractivity contribution in [3.63, 3.8) is 0 Å². The minimum Gasteiger partial charge on any atom is -0.484 e. The second-order valence-electron chi connectivity index (χ2n) is 7.76. The van der Waals surface area contributed by atoms with Gasteiger partial charge in [-0.25, -0.2) is 0 Å². The van der Waals surface area contributed by atoms with Crippen molar-refractivity contribution in [2.75, 3.05) is 6.61 Å². The zero-order valence-electron chi connectivity index (χ0n) is 18.4. The van der Waals surface area contributed by atoms with Crippen molar-refractivity contribution in [1.29, 1.82) is 0 Å². The van der Waals surface area contributed by atoms with Crippen molar-refractivity contribution in [2.45, 2.75) is 59.7 Å². The lowest BCUT2D eigenvalue weighted by molar-refractivity contribution is -0.142. The molecule has 0 spiro atoms. The van der Waals surface area contributed by atoms with Crippen LogP contribution in [0.3, 0.4) is 0 Å². The summed E-state index contributed by atoms with van der Waals surface area (Å²) < 4.78 is 5.76. The fourth-order valence-electron chi connectivity index (χ4n) is 3.12. The number of carbonyl (C=O) groups excluding carboxylic acids is 2. The monoisotopic (exact) mass is 430 g/mol. The smallest absolute Gasteiger partial charge is 0.261 e. The van der Waals surface area contributed by atoms with E-state index >= 15 is 0 Å². The number of halogens is 1. The standard InChI is InChI=1S/C24H31ClN2O3/c1-6-18(4)26-24(29)19(5)27(14-20-8-7-9-21(25)13-20)23(28)15-30-22-11-16(2)10-17(3)12-22/h7-13,18-19H,6,14-15H2,1-5H3,(H,26,29). The van der Waals surface area contributed by atoms with Gasteiger partial charge in [0.15, 0.2) is 6.61 Å². The first-order valence-electron chi connectivity index (χ1n) is 10.2. The van der Waals surface area contributed by atoms with E-state index in [0.717, 1.165) is 23.1 Å². The van der Waals surface area contributed by atoms with Crippen LogP contribution in [0.15, 0.2) is 42.5 Å². The number of hydrogen-bond acceptors (Lipinski definition) is 3. The van der Waals surface area contributed by atoms with E-state index in [1.165, 1.54) is 4.90 Å². The van der Waals surface area contributed by atoms with Crippen molar-refractivity contribution in [3.05, 3.63) is 64.2 Å². The van der Waals surface area contributed by atoms with Gasteiger partial charge in [0.1, 0.15) is 11.8 Å². The van der Waals surface area contributed by atoms with Crippen LogP contribution in [0.5, 0.6) is 5.75 Å². The van der Waals surface area contributed by atoms with Gasteiger partial charge in [0.25, 0.3) is 5.91 Å². The van der Waals surface area contributed by atoms with E-state index in [4.69, 9.17) is 16.3 Å². The number of benzene rings is 2. The van der Waals surface area contributed by atoms with Crippen LogP contribution in [0, 0.1) is 13.8 Å². The zero-order valence-corrected chi connectivity index (χ0v) is 19.1. The molecule has 2 rings (SSSR count). The minimum atomic E-state index is -0.645. The zero-order chi connectivity index (χ0) is 22.3. The molecular formula is C24H31ClN2O3. The highest BCUT2D eigenvalue weighted by Crippen LogP contribution is 2.18. The lowest BCUT2D eigenvalue weighted by Crippen LogP contribution is -2.50. The second-order valence-corrected chi connectivity index (χ2v) is 8.19. The third kappa shape index (κ3) is 7.06. The highest BCUT2D eigenvalue weighted by Gasteiger charge is 2.27. The molecule has 2 aromatic carbocycles. The first-order chi connectivity index (χ1) is 14.2. The van der Waals surface area contributed by atoms with Crippen LogP contribution < -0.4 is 10.1 Å². The highest BCUT2D eigenvalue weighted by molar-refractivity contribution is 6.30. The van der Waals surface area contributed by atoms with Gasteiger partial charge in [-0.05, 0) is 75.1 Å². The molecule has 0 radical (unpaired) electrons. The molecule has 0 bridgehead atoms. The molecule has 162 valence electrons. The lowest BCUT2D eigenvalue weighted by atomic mass is 10.1. The van der Waals surface area contributed by atoms with Gasteiger partial charge < -0.3 is 15.0 Å². The Morgan fingerprint density at radius 1 is 1.10 bits per heavy atom. The Kier molecular flexibility index (Phi) is 8.72. The van der Waals surface area contributed by atoms with Gasteiger partial charge in [0, 0.05) is 17.6 Å². The van der Waals surface area contributed by atoms with Crippen LogP contribution >= 0.6 is 11.6 Å². The predicted octanol–water partition coefficient (Wildman–Crippen LogP) is 4.67. The lowest BCUT2D eigenvalue weighted by Gasteiger charge is -2.29. The summed E-state index contributed by atoms with van der Waals surface area (Å²) in [6, 6.07) is 12.5. The van der Waals surface area contributed by atoms with Gasteiger partial charge in [-0.2, -0.15) is 0 Å². The maximum absolute atomic E-state index is 13.1. The summed E-state index contributed by atoms with van der Waals surface area (Å²) in [6.07, 6.45) is 0.816.